The van der Waals surface area contributed by atoms with Crippen LogP contribution in [0.3, 0.4) is 0 Å². The van der Waals surface area contributed by atoms with Gasteiger partial charge < -0.3 is 5.32 Å². The number of alkyl halides is 3. The second-order valence-corrected chi connectivity index (χ2v) is 3.26. The van der Waals surface area contributed by atoms with Gasteiger partial charge in [0.25, 0.3) is 0 Å². The molecule has 0 aliphatic rings. The summed E-state index contributed by atoms with van der Waals surface area (Å²) in [6.07, 6.45) is -4.66. The van der Waals surface area contributed by atoms with Crippen LogP contribution in [0.25, 0.3) is 0 Å². The molecule has 1 rings (SSSR count). The molecule has 0 fully saturated rings. The van der Waals surface area contributed by atoms with Crippen LogP contribution in [0.15, 0.2) is 6.20 Å². The topological polar surface area (TPSA) is 81.0 Å². The molecule has 0 aromatic carbocycles. The summed E-state index contributed by atoms with van der Waals surface area (Å²) in [7, 11) is 0. The third kappa shape index (κ3) is 4.39. The number of hydrogen-bond donors (Lipinski definition) is 1. The van der Waals surface area contributed by atoms with Crippen molar-refractivity contribution in [2.75, 3.05) is 11.9 Å². The van der Waals surface area contributed by atoms with E-state index in [0.29, 0.717) is 0 Å². The molecule has 1 aromatic rings. The van der Waals surface area contributed by atoms with Gasteiger partial charge in [0.2, 0.25) is 11.1 Å². The Morgan fingerprint density at radius 3 is 2.71 bits per heavy atom. The van der Waals surface area contributed by atoms with Crippen molar-refractivity contribution in [2.45, 2.75) is 12.6 Å². The lowest BCUT2D eigenvalue weighted by molar-refractivity contribution is -0.384. The van der Waals surface area contributed by atoms with Gasteiger partial charge in [-0.1, -0.05) is 0 Å². The summed E-state index contributed by atoms with van der Waals surface area (Å²) in [6.45, 7) is -0.530. The van der Waals surface area contributed by atoms with E-state index in [0.717, 1.165) is 6.20 Å². The summed E-state index contributed by atoms with van der Waals surface area (Å²) in [4.78, 5) is 16.5. The molecular weight excluding hydrogens is 265 g/mol. The van der Waals surface area contributed by atoms with Gasteiger partial charge in [0, 0.05) is 6.54 Å². The van der Waals surface area contributed by atoms with Gasteiger partial charge in [-0.15, -0.1) is 0 Å². The molecular formula is C7H6ClF3N4O2. The van der Waals surface area contributed by atoms with Crippen molar-refractivity contribution in [3.63, 3.8) is 0 Å². The van der Waals surface area contributed by atoms with E-state index >= 15 is 0 Å². The lowest BCUT2D eigenvalue weighted by Gasteiger charge is -2.08. The number of nitro groups is 1. The van der Waals surface area contributed by atoms with Crippen molar-refractivity contribution in [1.29, 1.82) is 0 Å². The van der Waals surface area contributed by atoms with Crippen molar-refractivity contribution < 1.29 is 18.1 Å². The van der Waals surface area contributed by atoms with E-state index < -0.39 is 29.8 Å². The van der Waals surface area contributed by atoms with Crippen molar-refractivity contribution in [2.24, 2.45) is 0 Å². The Kier molecular flexibility index (Phi) is 4.05. The summed E-state index contributed by atoms with van der Waals surface area (Å²) in [6, 6.07) is 0. The first-order valence-corrected chi connectivity index (χ1v) is 4.65. The molecule has 0 saturated carbocycles. The van der Waals surface area contributed by atoms with Crippen LogP contribution >= 0.6 is 11.6 Å². The van der Waals surface area contributed by atoms with Crippen LogP contribution in [-0.4, -0.2) is 27.6 Å². The fourth-order valence-electron chi connectivity index (χ4n) is 0.940. The largest absolute Gasteiger partial charge is 0.390 e. The van der Waals surface area contributed by atoms with Crippen molar-refractivity contribution in [1.82, 2.24) is 9.97 Å². The van der Waals surface area contributed by atoms with E-state index in [1.165, 1.54) is 0 Å². The Labute approximate surface area is 98.0 Å². The van der Waals surface area contributed by atoms with Gasteiger partial charge in [-0.3, -0.25) is 10.1 Å². The molecule has 0 amide bonds. The minimum absolute atomic E-state index is 0.287. The highest BCUT2D eigenvalue weighted by Gasteiger charge is 2.27. The minimum atomic E-state index is -4.35. The SMILES string of the molecule is O=[N+]([O-])c1cnc(Cl)nc1NCCC(F)(F)F. The second-order valence-electron chi connectivity index (χ2n) is 2.92. The molecule has 0 aliphatic heterocycles. The maximum absolute atomic E-state index is 11.9. The number of halogens is 4. The van der Waals surface area contributed by atoms with Gasteiger partial charge in [0.05, 0.1) is 11.3 Å². The first kappa shape index (κ1) is 13.4. The zero-order chi connectivity index (χ0) is 13.1. The van der Waals surface area contributed by atoms with Crippen LogP contribution in [0.2, 0.25) is 5.28 Å². The maximum Gasteiger partial charge on any atom is 0.390 e. The molecule has 17 heavy (non-hydrogen) atoms. The zero-order valence-corrected chi connectivity index (χ0v) is 8.92. The number of nitrogens with one attached hydrogen (secondary N) is 1. The van der Waals surface area contributed by atoms with E-state index in [2.05, 4.69) is 15.3 Å². The lowest BCUT2D eigenvalue weighted by Crippen LogP contribution is -2.16. The molecule has 0 spiro atoms. The van der Waals surface area contributed by atoms with Gasteiger partial charge in [-0.2, -0.15) is 18.2 Å². The predicted octanol–water partition coefficient (Wildman–Crippen LogP) is 2.40. The molecule has 0 bridgehead atoms. The highest BCUT2D eigenvalue weighted by Crippen LogP contribution is 2.23. The highest BCUT2D eigenvalue weighted by molar-refractivity contribution is 6.28. The Morgan fingerprint density at radius 1 is 1.53 bits per heavy atom. The lowest BCUT2D eigenvalue weighted by atomic mass is 10.4. The molecule has 0 atom stereocenters. The van der Waals surface area contributed by atoms with E-state index in [4.69, 9.17) is 11.6 Å². The van der Waals surface area contributed by atoms with Gasteiger partial charge in [0.15, 0.2) is 0 Å². The van der Waals surface area contributed by atoms with Crippen LogP contribution in [0.1, 0.15) is 6.42 Å². The molecule has 0 unspecified atom stereocenters. The molecule has 6 nitrogen and oxygen atoms in total. The number of rotatable bonds is 4. The van der Waals surface area contributed by atoms with Crippen LogP contribution in [0, 0.1) is 10.1 Å². The average Bonchev–Trinajstić information content (AvgIpc) is 2.15. The van der Waals surface area contributed by atoms with E-state index in [9.17, 15) is 23.3 Å². The monoisotopic (exact) mass is 270 g/mol. The van der Waals surface area contributed by atoms with Gasteiger partial charge in [0.1, 0.15) is 6.20 Å². The molecule has 0 saturated heterocycles. The van der Waals surface area contributed by atoms with Gasteiger partial charge in [-0.05, 0) is 11.6 Å². The molecule has 0 radical (unpaired) electrons. The van der Waals surface area contributed by atoms with E-state index in [-0.39, 0.29) is 11.1 Å². The summed E-state index contributed by atoms with van der Waals surface area (Å²) >= 11 is 5.38. The summed E-state index contributed by atoms with van der Waals surface area (Å²) in [5.74, 6) is -0.334. The van der Waals surface area contributed by atoms with Crippen LogP contribution in [0.5, 0.6) is 0 Å². The quantitative estimate of drug-likeness (QED) is 0.516. The first-order chi connectivity index (χ1) is 7.79. The maximum atomic E-state index is 11.9. The Balaban J connectivity index is 2.75. The molecule has 10 heteroatoms. The number of nitrogens with zero attached hydrogens (tertiary/aromatic N) is 3. The normalized spacial score (nSPS) is 11.3. The third-order valence-electron chi connectivity index (χ3n) is 1.64. The van der Waals surface area contributed by atoms with E-state index in [1.54, 1.807) is 0 Å². The summed E-state index contributed by atoms with van der Waals surface area (Å²) in [5, 5.41) is 12.4. The van der Waals surface area contributed by atoms with Gasteiger partial charge in [-0.25, -0.2) is 4.98 Å². The smallest absolute Gasteiger partial charge is 0.364 e. The van der Waals surface area contributed by atoms with Crippen LogP contribution < -0.4 is 5.32 Å². The van der Waals surface area contributed by atoms with Crippen molar-refractivity contribution >= 4 is 23.1 Å². The summed E-state index contributed by atoms with van der Waals surface area (Å²) < 4.78 is 35.6. The standard InChI is InChI=1S/C7H6ClF3N4O2/c8-6-13-3-4(15(16)17)5(14-6)12-2-1-7(9,10)11/h3H,1-2H2,(H,12,13,14). The summed E-state index contributed by atoms with van der Waals surface area (Å²) in [5.41, 5.74) is -0.531. The minimum Gasteiger partial charge on any atom is -0.364 e. The van der Waals surface area contributed by atoms with Crippen LogP contribution in [0.4, 0.5) is 24.7 Å². The first-order valence-electron chi connectivity index (χ1n) is 4.27. The Morgan fingerprint density at radius 2 is 2.18 bits per heavy atom. The fourth-order valence-corrected chi connectivity index (χ4v) is 1.07. The highest BCUT2D eigenvalue weighted by atomic mass is 35.5. The molecule has 94 valence electrons. The van der Waals surface area contributed by atoms with Crippen molar-refractivity contribution in [3.8, 4) is 0 Å². The van der Waals surface area contributed by atoms with Gasteiger partial charge >= 0.3 is 11.9 Å². The number of anilines is 1. The molecule has 1 heterocycles. The average molecular weight is 271 g/mol. The molecule has 0 aliphatic carbocycles. The predicted molar refractivity (Wildman–Crippen MR) is 52.9 cm³/mol. The Bertz CT molecular complexity index is 426. The number of hydrogen-bond acceptors (Lipinski definition) is 5. The zero-order valence-electron chi connectivity index (χ0n) is 8.16. The van der Waals surface area contributed by atoms with Crippen LogP contribution in [-0.2, 0) is 0 Å². The molecule has 1 aromatic heterocycles. The second kappa shape index (κ2) is 5.13. The molecule has 1 N–H and O–H groups in total. The number of aromatic nitrogens is 2. The van der Waals surface area contributed by atoms with Crippen molar-refractivity contribution in [3.05, 3.63) is 21.6 Å². The fraction of sp³-hybridized carbons (Fsp3) is 0.429. The Hall–Kier alpha value is -1.64. The third-order valence-corrected chi connectivity index (χ3v) is 1.82. The van der Waals surface area contributed by atoms with E-state index in [1.807, 2.05) is 0 Å².